The third-order valence-electron chi connectivity index (χ3n) is 8.03. The van der Waals surface area contributed by atoms with Gasteiger partial charge in [-0.05, 0) is 47.6 Å². The molecule has 0 amide bonds. The predicted octanol–water partition coefficient (Wildman–Crippen LogP) is 2.31. The Morgan fingerprint density at radius 3 is 2.45 bits per heavy atom. The standard InChI is InChI=1S/C17H13ClN2O2/c1-22-15(21)16-8-11-9(16)13-10(16)12(8)17(11,13)20-7-5-3-2-4-6(7)14(18)19-20/h2-5,8-13H,1H3. The maximum absolute atomic E-state index is 12.2. The normalized spacial score (nSPS) is 53.5. The van der Waals surface area contributed by atoms with Gasteiger partial charge in [-0.25, -0.2) is 0 Å². The molecule has 1 heterocycles. The molecule has 5 heteroatoms. The minimum atomic E-state index is -0.0801. The fraction of sp³-hybridized carbons (Fsp3) is 0.529. The van der Waals surface area contributed by atoms with Crippen LogP contribution in [-0.2, 0) is 15.1 Å². The third kappa shape index (κ3) is 0.617. The van der Waals surface area contributed by atoms with Gasteiger partial charge in [0.1, 0.15) is 0 Å². The van der Waals surface area contributed by atoms with Crippen LogP contribution in [0.3, 0.4) is 0 Å². The summed E-state index contributed by atoms with van der Waals surface area (Å²) in [5.41, 5.74) is 1.25. The zero-order valence-corrected chi connectivity index (χ0v) is 12.6. The average Bonchev–Trinajstić information content (AvgIpc) is 2.91. The van der Waals surface area contributed by atoms with Crippen molar-refractivity contribution in [1.29, 1.82) is 0 Å². The molecule has 0 N–H and O–H groups in total. The quantitative estimate of drug-likeness (QED) is 0.799. The molecule has 0 radical (unpaired) electrons. The molecular formula is C17H13ClN2O2. The molecule has 0 atom stereocenters. The Balaban J connectivity index is 1.39. The van der Waals surface area contributed by atoms with Gasteiger partial charge in [-0.3, -0.25) is 9.48 Å². The van der Waals surface area contributed by atoms with Crippen LogP contribution in [0.5, 0.6) is 0 Å². The van der Waals surface area contributed by atoms with Crippen LogP contribution in [0, 0.1) is 40.9 Å². The van der Waals surface area contributed by atoms with Crippen LogP contribution < -0.4 is 0 Å². The van der Waals surface area contributed by atoms with Gasteiger partial charge in [0.05, 0.1) is 23.6 Å². The number of ether oxygens (including phenoxy) is 1. The minimum Gasteiger partial charge on any atom is -0.469 e. The van der Waals surface area contributed by atoms with Crippen LogP contribution in [0.1, 0.15) is 0 Å². The second-order valence-electron chi connectivity index (χ2n) is 7.69. The lowest BCUT2D eigenvalue weighted by molar-refractivity contribution is -0.631. The third-order valence-corrected chi connectivity index (χ3v) is 8.31. The van der Waals surface area contributed by atoms with Crippen molar-refractivity contribution in [1.82, 2.24) is 9.78 Å². The van der Waals surface area contributed by atoms with Crippen LogP contribution in [0.2, 0.25) is 5.15 Å². The molecule has 110 valence electrons. The van der Waals surface area contributed by atoms with E-state index in [4.69, 9.17) is 16.3 Å². The lowest BCUT2D eigenvalue weighted by atomic mass is 8.94. The van der Waals surface area contributed by atoms with Gasteiger partial charge < -0.3 is 4.74 Å². The Hall–Kier alpha value is -1.55. The van der Waals surface area contributed by atoms with E-state index in [0.29, 0.717) is 40.7 Å². The molecule has 4 nitrogen and oxygen atoms in total. The first kappa shape index (κ1) is 11.1. The predicted molar refractivity (Wildman–Crippen MR) is 78.1 cm³/mol. The Morgan fingerprint density at radius 2 is 1.82 bits per heavy atom. The number of halogens is 1. The Kier molecular flexibility index (Phi) is 1.36. The number of aromatic nitrogens is 2. The van der Waals surface area contributed by atoms with E-state index < -0.39 is 0 Å². The topological polar surface area (TPSA) is 44.1 Å². The van der Waals surface area contributed by atoms with Gasteiger partial charge in [-0.15, -0.1) is 0 Å². The van der Waals surface area contributed by atoms with E-state index in [2.05, 4.69) is 15.8 Å². The molecule has 1 aromatic heterocycles. The molecule has 6 aliphatic rings. The second-order valence-corrected chi connectivity index (χ2v) is 8.04. The smallest absolute Gasteiger partial charge is 0.312 e. The second kappa shape index (κ2) is 2.71. The first-order chi connectivity index (χ1) is 10.7. The molecule has 0 bridgehead atoms. The first-order valence-corrected chi connectivity index (χ1v) is 8.31. The van der Waals surface area contributed by atoms with Crippen molar-refractivity contribution in [3.63, 3.8) is 0 Å². The molecule has 6 saturated carbocycles. The number of methoxy groups -OCH3 is 1. The highest BCUT2D eigenvalue weighted by molar-refractivity contribution is 6.34. The summed E-state index contributed by atoms with van der Waals surface area (Å²) in [5.74, 6) is 3.61. The monoisotopic (exact) mass is 312 g/mol. The number of hydrogen-bond acceptors (Lipinski definition) is 3. The van der Waals surface area contributed by atoms with Gasteiger partial charge in [0, 0.05) is 5.39 Å². The summed E-state index contributed by atoms with van der Waals surface area (Å²) in [6.45, 7) is 0. The molecule has 8 rings (SSSR count). The summed E-state index contributed by atoms with van der Waals surface area (Å²) in [6.07, 6.45) is 0. The number of rotatable bonds is 2. The Bertz CT molecular complexity index is 878. The molecule has 0 aliphatic heterocycles. The summed E-state index contributed by atoms with van der Waals surface area (Å²) in [5, 5.41) is 6.33. The molecule has 22 heavy (non-hydrogen) atoms. The van der Waals surface area contributed by atoms with E-state index in [-0.39, 0.29) is 16.9 Å². The van der Waals surface area contributed by atoms with Crippen molar-refractivity contribution in [3.8, 4) is 0 Å². The minimum absolute atomic E-state index is 0.0490. The van der Waals surface area contributed by atoms with Crippen LogP contribution in [-0.4, -0.2) is 22.9 Å². The maximum atomic E-state index is 12.2. The molecule has 6 fully saturated rings. The zero-order valence-electron chi connectivity index (χ0n) is 11.9. The number of carbonyl (C=O) groups is 1. The van der Waals surface area contributed by atoms with Gasteiger partial charge in [0.25, 0.3) is 0 Å². The van der Waals surface area contributed by atoms with E-state index in [1.807, 2.05) is 18.2 Å². The van der Waals surface area contributed by atoms with E-state index in [1.165, 1.54) is 7.11 Å². The number of para-hydroxylation sites is 1. The van der Waals surface area contributed by atoms with E-state index in [9.17, 15) is 4.79 Å². The Labute approximate surface area is 131 Å². The number of hydrogen-bond donors (Lipinski definition) is 0. The summed E-state index contributed by atoms with van der Waals surface area (Å²) >= 11 is 6.35. The van der Waals surface area contributed by atoms with Crippen LogP contribution >= 0.6 is 11.6 Å². The van der Waals surface area contributed by atoms with Crippen molar-refractivity contribution in [3.05, 3.63) is 29.4 Å². The lowest BCUT2D eigenvalue weighted by Gasteiger charge is -3.09. The molecule has 0 spiro atoms. The number of fused-ring (bicyclic) bond motifs is 1. The molecule has 6 aliphatic carbocycles. The largest absolute Gasteiger partial charge is 0.469 e. The number of esters is 1. The van der Waals surface area contributed by atoms with Crippen molar-refractivity contribution in [2.24, 2.45) is 40.9 Å². The Morgan fingerprint density at radius 1 is 1.18 bits per heavy atom. The molecule has 0 saturated heterocycles. The summed E-state index contributed by atoms with van der Waals surface area (Å²) in [7, 11) is 1.53. The summed E-state index contributed by atoms with van der Waals surface area (Å²) in [4.78, 5) is 12.2. The lowest BCUT2D eigenvalue weighted by Crippen LogP contribution is -3.13. The molecule has 1 aromatic carbocycles. The van der Waals surface area contributed by atoms with Gasteiger partial charge in [-0.2, -0.15) is 5.10 Å². The van der Waals surface area contributed by atoms with Crippen LogP contribution in [0.15, 0.2) is 24.3 Å². The SMILES string of the molecule is COC(=O)C12C3C4C1C1C2C3C41n1nc(Cl)c2ccccc21. The van der Waals surface area contributed by atoms with Crippen molar-refractivity contribution in [2.75, 3.05) is 7.11 Å². The van der Waals surface area contributed by atoms with Gasteiger partial charge in [0.15, 0.2) is 5.15 Å². The van der Waals surface area contributed by atoms with E-state index >= 15 is 0 Å². The molecule has 0 unspecified atom stereocenters. The first-order valence-electron chi connectivity index (χ1n) is 7.94. The highest BCUT2D eigenvalue weighted by atomic mass is 35.5. The van der Waals surface area contributed by atoms with Crippen molar-refractivity contribution < 1.29 is 9.53 Å². The highest BCUT2D eigenvalue weighted by Crippen LogP contribution is 3.09. The number of carbonyl (C=O) groups excluding carboxylic acids is 1. The van der Waals surface area contributed by atoms with Crippen LogP contribution in [0.4, 0.5) is 0 Å². The maximum Gasteiger partial charge on any atom is 0.312 e. The van der Waals surface area contributed by atoms with Gasteiger partial charge in [-0.1, -0.05) is 23.7 Å². The zero-order chi connectivity index (χ0) is 14.6. The van der Waals surface area contributed by atoms with Crippen LogP contribution in [0.25, 0.3) is 10.9 Å². The van der Waals surface area contributed by atoms with Crippen molar-refractivity contribution >= 4 is 28.5 Å². The highest BCUT2D eigenvalue weighted by Gasteiger charge is 3.13. The van der Waals surface area contributed by atoms with Gasteiger partial charge in [0.2, 0.25) is 0 Å². The van der Waals surface area contributed by atoms with Crippen molar-refractivity contribution in [2.45, 2.75) is 5.54 Å². The van der Waals surface area contributed by atoms with Gasteiger partial charge >= 0.3 is 5.97 Å². The number of benzene rings is 1. The summed E-state index contributed by atoms with van der Waals surface area (Å²) in [6, 6.07) is 8.21. The summed E-state index contributed by atoms with van der Waals surface area (Å²) < 4.78 is 7.31. The van der Waals surface area contributed by atoms with E-state index in [1.54, 1.807) is 0 Å². The average molecular weight is 313 g/mol. The fourth-order valence-electron chi connectivity index (χ4n) is 7.80. The number of nitrogens with zero attached hydrogens (tertiary/aromatic N) is 2. The molecular weight excluding hydrogens is 300 g/mol. The molecule has 2 aromatic rings. The fourth-order valence-corrected chi connectivity index (χ4v) is 8.04. The van der Waals surface area contributed by atoms with E-state index in [0.717, 1.165) is 10.9 Å².